The van der Waals surface area contributed by atoms with Crippen LogP contribution in [0, 0.1) is 11.8 Å². The van der Waals surface area contributed by atoms with Crippen molar-refractivity contribution in [3.8, 4) is 0 Å². The first-order chi connectivity index (χ1) is 19.5. The van der Waals surface area contributed by atoms with Crippen molar-refractivity contribution < 1.29 is 9.84 Å². The lowest BCUT2D eigenvalue weighted by Crippen LogP contribution is -2.51. The lowest BCUT2D eigenvalue weighted by Gasteiger charge is -2.46. The van der Waals surface area contributed by atoms with Gasteiger partial charge >= 0.3 is 0 Å². The highest BCUT2D eigenvalue weighted by Crippen LogP contribution is 2.40. The van der Waals surface area contributed by atoms with Gasteiger partial charge in [0.15, 0.2) is 17.7 Å². The summed E-state index contributed by atoms with van der Waals surface area (Å²) < 4.78 is 8.27. The number of nitrogens with one attached hydrogen (secondary N) is 1. The number of ether oxygens (including phenoxy) is 1. The third-order valence-electron chi connectivity index (χ3n) is 9.31. The van der Waals surface area contributed by atoms with Crippen molar-refractivity contribution in [2.75, 3.05) is 12.3 Å². The van der Waals surface area contributed by atoms with Gasteiger partial charge in [0.2, 0.25) is 0 Å². The minimum absolute atomic E-state index is 0.0272. The highest BCUT2D eigenvalue weighted by atomic mass is 16.5. The van der Waals surface area contributed by atoms with Gasteiger partial charge in [0.25, 0.3) is 0 Å². The van der Waals surface area contributed by atoms with Gasteiger partial charge in [0, 0.05) is 31.0 Å². The number of H-pyrrole nitrogens is 1. The maximum atomic E-state index is 11.1. The Morgan fingerprint density at radius 1 is 1.20 bits per heavy atom. The number of nitrogens with two attached hydrogens (primary N) is 1. The summed E-state index contributed by atoms with van der Waals surface area (Å²) in [5, 5.41) is 11.1. The van der Waals surface area contributed by atoms with E-state index < -0.39 is 12.3 Å². The fourth-order valence-electron chi connectivity index (χ4n) is 6.54. The molecule has 0 unspecified atom stereocenters. The molecule has 4 atom stereocenters. The molecule has 1 saturated heterocycles. The molecular formula is C31H44N8O2. The summed E-state index contributed by atoms with van der Waals surface area (Å²) in [5.41, 5.74) is 10.7. The van der Waals surface area contributed by atoms with Gasteiger partial charge in [-0.15, -0.1) is 0 Å². The van der Waals surface area contributed by atoms with Crippen LogP contribution in [0.2, 0.25) is 0 Å². The monoisotopic (exact) mass is 560 g/mol. The molecule has 220 valence electrons. The molecule has 4 N–H and O–H groups in total. The van der Waals surface area contributed by atoms with E-state index >= 15 is 0 Å². The van der Waals surface area contributed by atoms with E-state index in [0.717, 1.165) is 36.2 Å². The Kier molecular flexibility index (Phi) is 7.28. The smallest absolute Gasteiger partial charge is 0.167 e. The molecule has 4 heterocycles. The number of anilines is 1. The van der Waals surface area contributed by atoms with Crippen LogP contribution in [0.1, 0.15) is 78.4 Å². The van der Waals surface area contributed by atoms with Gasteiger partial charge in [-0.2, -0.15) is 0 Å². The predicted octanol–water partition coefficient (Wildman–Crippen LogP) is 4.60. The van der Waals surface area contributed by atoms with Crippen LogP contribution in [0.15, 0.2) is 30.9 Å². The second-order valence-electron chi connectivity index (χ2n) is 13.5. The molecule has 6 rings (SSSR count). The largest absolute Gasteiger partial charge is 0.388 e. The van der Waals surface area contributed by atoms with E-state index in [2.05, 4.69) is 84.6 Å². The zero-order valence-corrected chi connectivity index (χ0v) is 25.1. The Morgan fingerprint density at radius 3 is 2.71 bits per heavy atom. The lowest BCUT2D eigenvalue weighted by molar-refractivity contribution is -0.0587. The van der Waals surface area contributed by atoms with E-state index in [4.69, 9.17) is 15.5 Å². The maximum absolute atomic E-state index is 11.1. The van der Waals surface area contributed by atoms with Gasteiger partial charge in [-0.25, -0.2) is 19.9 Å². The van der Waals surface area contributed by atoms with Crippen LogP contribution in [0.4, 0.5) is 5.82 Å². The van der Waals surface area contributed by atoms with Gasteiger partial charge in [0.1, 0.15) is 23.8 Å². The standard InChI is InChI=1S/C31H44N8O2/c1-17(2)38(14-24-18(3)27(40)30(41-24)39-16-35-26-28(32)33-15-34-29(26)39)21-11-19(12-21)7-10-25-36-22-9-8-20(31(4,5)6)13-23(22)37-25/h8-9,13,15-19,21,24,27,30,40H,7,10-12,14H2,1-6H3,(H,36,37)(H2,32,33,34)/t18-,19?,21?,24-,27-,30-/m1/s1. The molecule has 41 heavy (non-hydrogen) atoms. The Morgan fingerprint density at radius 2 is 1.98 bits per heavy atom. The van der Waals surface area contributed by atoms with Crippen molar-refractivity contribution in [3.05, 3.63) is 42.2 Å². The van der Waals surface area contributed by atoms with Crippen molar-refractivity contribution in [2.24, 2.45) is 11.8 Å². The highest BCUT2D eigenvalue weighted by molar-refractivity contribution is 5.81. The molecule has 1 aliphatic carbocycles. The predicted molar refractivity (Wildman–Crippen MR) is 160 cm³/mol. The molecule has 0 bridgehead atoms. The van der Waals surface area contributed by atoms with Gasteiger partial charge in [-0.05, 0) is 62.1 Å². The average Bonchev–Trinajstić information content (AvgIpc) is 3.58. The number of aliphatic hydroxyl groups excluding tert-OH is 1. The molecule has 1 saturated carbocycles. The number of rotatable bonds is 8. The number of aromatic amines is 1. The van der Waals surface area contributed by atoms with Gasteiger partial charge in [0.05, 0.1) is 23.5 Å². The van der Waals surface area contributed by atoms with Gasteiger partial charge in [-0.1, -0.05) is 33.8 Å². The number of hydrogen-bond donors (Lipinski definition) is 3. The summed E-state index contributed by atoms with van der Waals surface area (Å²) in [5.74, 6) is 2.08. The van der Waals surface area contributed by atoms with Crippen molar-refractivity contribution >= 4 is 28.0 Å². The van der Waals surface area contributed by atoms with E-state index in [1.807, 2.05) is 0 Å². The number of benzene rings is 1. The molecule has 10 nitrogen and oxygen atoms in total. The molecular weight excluding hydrogens is 516 g/mol. The summed E-state index contributed by atoms with van der Waals surface area (Å²) in [6.07, 6.45) is 6.22. The minimum atomic E-state index is -0.667. The van der Waals surface area contributed by atoms with Crippen LogP contribution in [0.25, 0.3) is 22.2 Å². The first-order valence-corrected chi connectivity index (χ1v) is 15.0. The zero-order valence-electron chi connectivity index (χ0n) is 25.1. The Labute approximate surface area is 241 Å². The number of fused-ring (bicyclic) bond motifs is 2. The number of aromatic nitrogens is 6. The topological polar surface area (TPSA) is 131 Å². The number of imidazole rings is 2. The Bertz CT molecular complexity index is 1520. The zero-order chi connectivity index (χ0) is 29.1. The highest BCUT2D eigenvalue weighted by Gasteiger charge is 2.45. The quantitative estimate of drug-likeness (QED) is 0.285. The van der Waals surface area contributed by atoms with Gasteiger partial charge in [-0.3, -0.25) is 9.47 Å². The molecule has 3 aromatic heterocycles. The average molecular weight is 561 g/mol. The summed E-state index contributed by atoms with van der Waals surface area (Å²) in [4.78, 5) is 23.7. The van der Waals surface area contributed by atoms with E-state index in [1.54, 1.807) is 10.9 Å². The fourth-order valence-corrected chi connectivity index (χ4v) is 6.54. The summed E-state index contributed by atoms with van der Waals surface area (Å²) >= 11 is 0. The second-order valence-corrected chi connectivity index (χ2v) is 13.5. The third kappa shape index (κ3) is 5.33. The first kappa shape index (κ1) is 28.1. The number of aryl methyl sites for hydroxylation is 1. The number of hydrogen-bond acceptors (Lipinski definition) is 8. The van der Waals surface area contributed by atoms with Crippen molar-refractivity contribution in [3.63, 3.8) is 0 Å². The van der Waals surface area contributed by atoms with Crippen LogP contribution in [-0.4, -0.2) is 70.3 Å². The van der Waals surface area contributed by atoms with Crippen LogP contribution >= 0.6 is 0 Å². The lowest BCUT2D eigenvalue weighted by atomic mass is 9.76. The van der Waals surface area contributed by atoms with Crippen LogP contribution in [0.3, 0.4) is 0 Å². The second kappa shape index (κ2) is 10.6. The third-order valence-corrected chi connectivity index (χ3v) is 9.31. The van der Waals surface area contributed by atoms with E-state index in [1.165, 1.54) is 24.7 Å². The molecule has 0 amide bonds. The molecule has 2 aliphatic rings. The number of nitrogen functional groups attached to an aromatic ring is 1. The summed E-state index contributed by atoms with van der Waals surface area (Å²) in [6, 6.07) is 7.50. The molecule has 1 aliphatic heterocycles. The first-order valence-electron chi connectivity index (χ1n) is 15.0. The van der Waals surface area contributed by atoms with Gasteiger partial charge < -0.3 is 20.6 Å². The fraction of sp³-hybridized carbons (Fsp3) is 0.613. The molecule has 0 radical (unpaired) electrons. The SMILES string of the molecule is CC(C)N(C[C@H]1O[C@@H](n2cnc3c(N)ncnc32)[C@H](O)[C@@H]1C)C1CC(CCc2nc3ccc(C(C)(C)C)cc3[nH]2)C1. The minimum Gasteiger partial charge on any atom is -0.388 e. The number of aliphatic hydroxyl groups is 1. The maximum Gasteiger partial charge on any atom is 0.167 e. The van der Waals surface area contributed by atoms with Crippen LogP contribution in [-0.2, 0) is 16.6 Å². The number of nitrogens with zero attached hydrogens (tertiary/aromatic N) is 6. The van der Waals surface area contributed by atoms with Crippen LogP contribution in [0.5, 0.6) is 0 Å². The van der Waals surface area contributed by atoms with Crippen LogP contribution < -0.4 is 5.73 Å². The normalized spacial score (nSPS) is 27.0. The summed E-state index contributed by atoms with van der Waals surface area (Å²) in [6.45, 7) is 14.1. The van der Waals surface area contributed by atoms with Crippen molar-refractivity contribution in [1.82, 2.24) is 34.4 Å². The molecule has 4 aromatic rings. The molecule has 10 heteroatoms. The van der Waals surface area contributed by atoms with E-state index in [-0.39, 0.29) is 17.4 Å². The molecule has 2 fully saturated rings. The molecule has 1 aromatic carbocycles. The van der Waals surface area contributed by atoms with Crippen molar-refractivity contribution in [2.45, 2.75) is 103 Å². The molecule has 0 spiro atoms. The Balaban J connectivity index is 1.06. The van der Waals surface area contributed by atoms with E-state index in [0.29, 0.717) is 35.0 Å². The Hall–Kier alpha value is -3.08. The van der Waals surface area contributed by atoms with Crippen molar-refractivity contribution in [1.29, 1.82) is 0 Å². The summed E-state index contributed by atoms with van der Waals surface area (Å²) in [7, 11) is 0. The van der Waals surface area contributed by atoms with E-state index in [9.17, 15) is 5.11 Å².